The second-order valence-corrected chi connectivity index (χ2v) is 5.01. The standard InChI is InChI=1S/C10H9BrFN3S/c1-6(14-10-5-13-15-16-10)8-3-2-7(11)4-9(8)12/h2-6,14H,1H3. The molecule has 0 amide bonds. The van der Waals surface area contributed by atoms with Crippen molar-refractivity contribution in [1.82, 2.24) is 9.59 Å². The highest BCUT2D eigenvalue weighted by atomic mass is 79.9. The molecule has 1 unspecified atom stereocenters. The van der Waals surface area contributed by atoms with Gasteiger partial charge >= 0.3 is 0 Å². The average molecular weight is 302 g/mol. The topological polar surface area (TPSA) is 37.8 Å². The number of rotatable bonds is 3. The summed E-state index contributed by atoms with van der Waals surface area (Å²) in [6.07, 6.45) is 1.62. The van der Waals surface area contributed by atoms with Crippen LogP contribution in [0.2, 0.25) is 0 Å². The maximum absolute atomic E-state index is 13.6. The molecule has 0 aliphatic heterocycles. The van der Waals surface area contributed by atoms with Crippen LogP contribution in [0.5, 0.6) is 0 Å². The SMILES string of the molecule is CC(Nc1cnns1)c1ccc(Br)cc1F. The molecule has 0 aliphatic carbocycles. The minimum atomic E-state index is -0.230. The van der Waals surface area contributed by atoms with Crippen LogP contribution < -0.4 is 5.32 Å². The molecule has 0 saturated carbocycles. The number of hydrogen-bond donors (Lipinski definition) is 1. The maximum atomic E-state index is 13.6. The summed E-state index contributed by atoms with van der Waals surface area (Å²) in [5.41, 5.74) is 0.622. The Kier molecular flexibility index (Phi) is 3.50. The number of aromatic nitrogens is 2. The minimum Gasteiger partial charge on any atom is -0.368 e. The van der Waals surface area contributed by atoms with Crippen LogP contribution in [-0.4, -0.2) is 9.59 Å². The number of halogens is 2. The van der Waals surface area contributed by atoms with Gasteiger partial charge in [-0.1, -0.05) is 26.5 Å². The molecule has 84 valence electrons. The highest BCUT2D eigenvalue weighted by Crippen LogP contribution is 2.24. The Bertz CT molecular complexity index is 475. The second-order valence-electron chi connectivity index (χ2n) is 3.31. The van der Waals surface area contributed by atoms with Crippen molar-refractivity contribution in [3.8, 4) is 0 Å². The third-order valence-corrected chi connectivity index (χ3v) is 3.24. The van der Waals surface area contributed by atoms with Crippen LogP contribution >= 0.6 is 27.5 Å². The van der Waals surface area contributed by atoms with Crippen LogP contribution in [0.4, 0.5) is 9.39 Å². The van der Waals surface area contributed by atoms with Gasteiger partial charge in [0.2, 0.25) is 0 Å². The monoisotopic (exact) mass is 301 g/mol. The van der Waals surface area contributed by atoms with E-state index in [2.05, 4.69) is 30.8 Å². The lowest BCUT2D eigenvalue weighted by Crippen LogP contribution is -2.07. The predicted molar refractivity (Wildman–Crippen MR) is 66.0 cm³/mol. The number of nitrogens with zero attached hydrogens (tertiary/aromatic N) is 2. The molecule has 16 heavy (non-hydrogen) atoms. The molecule has 1 atom stereocenters. The number of benzene rings is 1. The predicted octanol–water partition coefficient (Wildman–Crippen LogP) is 3.61. The lowest BCUT2D eigenvalue weighted by atomic mass is 10.1. The van der Waals surface area contributed by atoms with E-state index in [1.807, 2.05) is 13.0 Å². The van der Waals surface area contributed by atoms with Crippen molar-refractivity contribution in [1.29, 1.82) is 0 Å². The summed E-state index contributed by atoms with van der Waals surface area (Å²) in [5.74, 6) is -0.230. The van der Waals surface area contributed by atoms with Crippen LogP contribution in [-0.2, 0) is 0 Å². The Balaban J connectivity index is 2.17. The molecule has 1 aromatic heterocycles. The lowest BCUT2D eigenvalue weighted by molar-refractivity contribution is 0.599. The molecule has 0 radical (unpaired) electrons. The van der Waals surface area contributed by atoms with E-state index in [0.29, 0.717) is 5.56 Å². The Morgan fingerprint density at radius 1 is 1.50 bits per heavy atom. The zero-order valence-corrected chi connectivity index (χ0v) is 10.8. The molecular weight excluding hydrogens is 293 g/mol. The fourth-order valence-corrected chi connectivity index (χ4v) is 2.21. The summed E-state index contributed by atoms with van der Waals surface area (Å²) in [6.45, 7) is 1.89. The van der Waals surface area contributed by atoms with Gasteiger partial charge in [-0.25, -0.2) is 4.39 Å². The molecule has 0 aliphatic rings. The van der Waals surface area contributed by atoms with Gasteiger partial charge in [-0.3, -0.25) is 0 Å². The smallest absolute Gasteiger partial charge is 0.130 e. The third kappa shape index (κ3) is 2.56. The summed E-state index contributed by atoms with van der Waals surface area (Å²) in [4.78, 5) is 0. The Hall–Kier alpha value is -1.01. The molecule has 2 rings (SSSR count). The van der Waals surface area contributed by atoms with E-state index in [1.54, 1.807) is 12.3 Å². The van der Waals surface area contributed by atoms with Crippen LogP contribution in [0.25, 0.3) is 0 Å². The van der Waals surface area contributed by atoms with Gasteiger partial charge in [0.15, 0.2) is 0 Å². The fraction of sp³-hybridized carbons (Fsp3) is 0.200. The summed E-state index contributed by atoms with van der Waals surface area (Å²) >= 11 is 4.48. The van der Waals surface area contributed by atoms with Crippen LogP contribution in [0.15, 0.2) is 28.9 Å². The normalized spacial score (nSPS) is 12.4. The van der Waals surface area contributed by atoms with E-state index in [9.17, 15) is 4.39 Å². The molecule has 0 spiro atoms. The van der Waals surface area contributed by atoms with E-state index < -0.39 is 0 Å². The van der Waals surface area contributed by atoms with Crippen molar-refractivity contribution in [2.75, 3.05) is 5.32 Å². The van der Waals surface area contributed by atoms with Gasteiger partial charge in [0.05, 0.1) is 12.2 Å². The highest BCUT2D eigenvalue weighted by Gasteiger charge is 2.11. The van der Waals surface area contributed by atoms with Gasteiger partial charge in [-0.05, 0) is 19.1 Å². The Labute approximate surface area is 105 Å². The molecule has 0 bridgehead atoms. The minimum absolute atomic E-state index is 0.115. The fourth-order valence-electron chi connectivity index (χ4n) is 1.37. The molecule has 1 aromatic carbocycles. The van der Waals surface area contributed by atoms with Crippen molar-refractivity contribution < 1.29 is 4.39 Å². The molecule has 0 fully saturated rings. The van der Waals surface area contributed by atoms with Gasteiger partial charge < -0.3 is 5.32 Å². The van der Waals surface area contributed by atoms with Crippen molar-refractivity contribution >= 4 is 32.5 Å². The van der Waals surface area contributed by atoms with E-state index in [-0.39, 0.29) is 11.9 Å². The Morgan fingerprint density at radius 2 is 2.31 bits per heavy atom. The zero-order valence-electron chi connectivity index (χ0n) is 8.45. The van der Waals surface area contributed by atoms with E-state index in [1.165, 1.54) is 17.6 Å². The third-order valence-electron chi connectivity index (χ3n) is 2.15. The molecule has 1 N–H and O–H groups in total. The van der Waals surface area contributed by atoms with Gasteiger partial charge in [0.1, 0.15) is 10.8 Å². The van der Waals surface area contributed by atoms with E-state index in [4.69, 9.17) is 0 Å². The summed E-state index contributed by atoms with van der Waals surface area (Å²) in [5, 5.41) is 7.68. The second kappa shape index (κ2) is 4.88. The Morgan fingerprint density at radius 3 is 2.94 bits per heavy atom. The zero-order chi connectivity index (χ0) is 11.5. The maximum Gasteiger partial charge on any atom is 0.130 e. The van der Waals surface area contributed by atoms with Crippen LogP contribution in [0, 0.1) is 5.82 Å². The summed E-state index contributed by atoms with van der Waals surface area (Å²) in [7, 11) is 0. The first-order chi connectivity index (χ1) is 7.66. The first-order valence-electron chi connectivity index (χ1n) is 4.65. The number of nitrogens with one attached hydrogen (secondary N) is 1. The average Bonchev–Trinajstić information content (AvgIpc) is 2.70. The van der Waals surface area contributed by atoms with Crippen LogP contribution in [0.3, 0.4) is 0 Å². The van der Waals surface area contributed by atoms with E-state index >= 15 is 0 Å². The largest absolute Gasteiger partial charge is 0.368 e. The number of hydrogen-bond acceptors (Lipinski definition) is 4. The first-order valence-corrected chi connectivity index (χ1v) is 6.22. The lowest BCUT2D eigenvalue weighted by Gasteiger charge is -2.14. The molecular formula is C10H9BrFN3S. The van der Waals surface area contributed by atoms with Crippen molar-refractivity contribution in [3.63, 3.8) is 0 Å². The van der Waals surface area contributed by atoms with E-state index in [0.717, 1.165) is 9.47 Å². The molecule has 3 nitrogen and oxygen atoms in total. The summed E-state index contributed by atoms with van der Waals surface area (Å²) < 4.78 is 18.1. The van der Waals surface area contributed by atoms with Gasteiger partial charge in [-0.15, -0.1) is 5.10 Å². The first kappa shape index (κ1) is 11.5. The van der Waals surface area contributed by atoms with Crippen LogP contribution in [0.1, 0.15) is 18.5 Å². The molecule has 2 aromatic rings. The molecule has 0 saturated heterocycles. The number of anilines is 1. The summed E-state index contributed by atoms with van der Waals surface area (Å²) in [6, 6.07) is 4.92. The highest BCUT2D eigenvalue weighted by molar-refractivity contribution is 9.10. The quantitative estimate of drug-likeness (QED) is 0.941. The molecule has 6 heteroatoms. The molecule has 1 heterocycles. The van der Waals surface area contributed by atoms with Gasteiger partial charge in [0, 0.05) is 21.6 Å². The van der Waals surface area contributed by atoms with Gasteiger partial charge in [0.25, 0.3) is 0 Å². The van der Waals surface area contributed by atoms with Gasteiger partial charge in [-0.2, -0.15) is 0 Å². The van der Waals surface area contributed by atoms with Crippen molar-refractivity contribution in [2.45, 2.75) is 13.0 Å². The van der Waals surface area contributed by atoms with Crippen molar-refractivity contribution in [3.05, 3.63) is 40.2 Å². The van der Waals surface area contributed by atoms with Crippen molar-refractivity contribution in [2.24, 2.45) is 0 Å².